The number of nitrogens with one attached hydrogen (secondary N) is 3. The molecule has 0 radical (unpaired) electrons. The Morgan fingerprint density at radius 2 is 1.93 bits per heavy atom. The second kappa shape index (κ2) is 8.75. The summed E-state index contributed by atoms with van der Waals surface area (Å²) >= 11 is 8.86. The van der Waals surface area contributed by atoms with Gasteiger partial charge in [0, 0.05) is 21.4 Å². The third-order valence-electron chi connectivity index (χ3n) is 4.41. The van der Waals surface area contributed by atoms with Crippen molar-refractivity contribution in [2.24, 2.45) is 0 Å². The summed E-state index contributed by atoms with van der Waals surface area (Å²) in [7, 11) is 0. The van der Waals surface area contributed by atoms with Crippen molar-refractivity contribution in [3.63, 3.8) is 0 Å². The van der Waals surface area contributed by atoms with Crippen molar-refractivity contribution < 1.29 is 9.53 Å². The summed E-state index contributed by atoms with van der Waals surface area (Å²) in [6, 6.07) is 13.0. The Bertz CT molecular complexity index is 941. The highest BCUT2D eigenvalue weighted by atomic mass is 79.9. The van der Waals surface area contributed by atoms with E-state index in [1.807, 2.05) is 63.2 Å². The van der Waals surface area contributed by atoms with Crippen molar-refractivity contribution in [2.45, 2.75) is 26.8 Å². The van der Waals surface area contributed by atoms with E-state index < -0.39 is 6.04 Å². The van der Waals surface area contributed by atoms with Crippen molar-refractivity contribution in [3.8, 4) is 5.75 Å². The van der Waals surface area contributed by atoms with Gasteiger partial charge in [0.15, 0.2) is 5.11 Å². The van der Waals surface area contributed by atoms with Crippen LogP contribution in [0.2, 0.25) is 0 Å². The number of anilines is 1. The van der Waals surface area contributed by atoms with Crippen LogP contribution in [0, 0.1) is 6.92 Å². The van der Waals surface area contributed by atoms with Crippen molar-refractivity contribution >= 4 is 44.9 Å². The Labute approximate surface area is 178 Å². The maximum absolute atomic E-state index is 13.2. The number of benzene rings is 2. The van der Waals surface area contributed by atoms with Crippen LogP contribution < -0.4 is 20.7 Å². The summed E-state index contributed by atoms with van der Waals surface area (Å²) in [6.07, 6.45) is 0. The molecule has 5 nitrogen and oxygen atoms in total. The van der Waals surface area contributed by atoms with Gasteiger partial charge in [0.05, 0.1) is 18.2 Å². The van der Waals surface area contributed by atoms with E-state index in [1.54, 1.807) is 0 Å². The molecule has 1 amide bonds. The molecule has 0 fully saturated rings. The molecular formula is C21H22BrN3O2S. The lowest BCUT2D eigenvalue weighted by molar-refractivity contribution is -0.113. The summed E-state index contributed by atoms with van der Waals surface area (Å²) in [4.78, 5) is 13.2. The maximum Gasteiger partial charge on any atom is 0.255 e. The van der Waals surface area contributed by atoms with Gasteiger partial charge in [-0.1, -0.05) is 33.6 Å². The molecule has 0 saturated heterocycles. The van der Waals surface area contributed by atoms with Gasteiger partial charge in [0.2, 0.25) is 0 Å². The van der Waals surface area contributed by atoms with Crippen LogP contribution in [-0.4, -0.2) is 17.6 Å². The molecule has 3 rings (SSSR count). The van der Waals surface area contributed by atoms with Gasteiger partial charge in [0.25, 0.3) is 5.91 Å². The molecule has 0 saturated carbocycles. The van der Waals surface area contributed by atoms with E-state index in [-0.39, 0.29) is 5.91 Å². The van der Waals surface area contributed by atoms with Gasteiger partial charge in [-0.15, -0.1) is 0 Å². The summed E-state index contributed by atoms with van der Waals surface area (Å²) in [6.45, 7) is 6.31. The SMILES string of the molecule is CCOc1ccc(Br)cc1C1NC(=S)NC(C)=C1C(=O)Nc1ccc(C)cc1. The minimum Gasteiger partial charge on any atom is -0.494 e. The molecule has 1 unspecified atom stereocenters. The number of carbonyl (C=O) groups excluding carboxylic acids is 1. The van der Waals surface area contributed by atoms with E-state index in [0.717, 1.165) is 21.3 Å². The maximum atomic E-state index is 13.2. The van der Waals surface area contributed by atoms with Crippen LogP contribution >= 0.6 is 28.1 Å². The lowest BCUT2D eigenvalue weighted by Crippen LogP contribution is -2.45. The van der Waals surface area contributed by atoms with Gasteiger partial charge in [-0.25, -0.2) is 0 Å². The number of halogens is 1. The zero-order valence-corrected chi connectivity index (χ0v) is 18.3. The Morgan fingerprint density at radius 3 is 2.61 bits per heavy atom. The molecule has 7 heteroatoms. The normalized spacial score (nSPS) is 16.3. The van der Waals surface area contributed by atoms with E-state index in [0.29, 0.717) is 28.7 Å². The molecule has 3 N–H and O–H groups in total. The molecule has 0 bridgehead atoms. The number of carbonyl (C=O) groups is 1. The van der Waals surface area contributed by atoms with Crippen molar-refractivity contribution in [1.82, 2.24) is 10.6 Å². The summed E-state index contributed by atoms with van der Waals surface area (Å²) in [5.74, 6) is 0.512. The fraction of sp³-hybridized carbons (Fsp3) is 0.238. The molecule has 1 aliphatic rings. The standard InChI is InChI=1S/C21H22BrN3O2S/c1-4-27-17-10-7-14(22)11-16(17)19-18(13(3)23-21(28)25-19)20(26)24-15-8-5-12(2)6-9-15/h5-11,19H,4H2,1-3H3,(H,24,26)(H2,23,25,28). The lowest BCUT2D eigenvalue weighted by atomic mass is 9.94. The molecule has 2 aromatic rings. The quantitative estimate of drug-likeness (QED) is 0.570. The van der Waals surface area contributed by atoms with E-state index in [4.69, 9.17) is 17.0 Å². The van der Waals surface area contributed by atoms with Gasteiger partial charge in [0.1, 0.15) is 5.75 Å². The number of rotatable bonds is 5. The molecule has 0 aromatic heterocycles. The molecule has 1 atom stereocenters. The van der Waals surface area contributed by atoms with Crippen LogP contribution in [0.15, 0.2) is 58.2 Å². The van der Waals surface area contributed by atoms with Crippen LogP contribution in [0.5, 0.6) is 5.75 Å². The molecule has 1 aliphatic heterocycles. The molecule has 0 spiro atoms. The second-order valence-corrected chi connectivity index (χ2v) is 7.83. The topological polar surface area (TPSA) is 62.4 Å². The molecule has 0 aliphatic carbocycles. The molecule has 28 heavy (non-hydrogen) atoms. The first-order chi connectivity index (χ1) is 13.4. The van der Waals surface area contributed by atoms with E-state index >= 15 is 0 Å². The van der Waals surface area contributed by atoms with E-state index in [1.165, 1.54) is 0 Å². The summed E-state index contributed by atoms with van der Waals surface area (Å²) < 4.78 is 6.69. The van der Waals surface area contributed by atoms with Crippen LogP contribution in [0.4, 0.5) is 5.69 Å². The molecule has 1 heterocycles. The first-order valence-electron chi connectivity index (χ1n) is 8.97. The highest BCUT2D eigenvalue weighted by molar-refractivity contribution is 9.10. The van der Waals surface area contributed by atoms with Gasteiger partial charge >= 0.3 is 0 Å². The van der Waals surface area contributed by atoms with Crippen molar-refractivity contribution in [3.05, 3.63) is 69.3 Å². The minimum atomic E-state index is -0.432. The highest BCUT2D eigenvalue weighted by Gasteiger charge is 2.32. The summed E-state index contributed by atoms with van der Waals surface area (Å²) in [5, 5.41) is 9.72. The number of ether oxygens (including phenoxy) is 1. The van der Waals surface area contributed by atoms with Gasteiger partial charge in [-0.3, -0.25) is 4.79 Å². The molecule has 2 aromatic carbocycles. The monoisotopic (exact) mass is 459 g/mol. The number of allylic oxidation sites excluding steroid dienone is 1. The summed E-state index contributed by atoms with van der Waals surface area (Å²) in [5.41, 5.74) is 3.98. The van der Waals surface area contributed by atoms with Crippen LogP contribution in [0.3, 0.4) is 0 Å². The van der Waals surface area contributed by atoms with Crippen molar-refractivity contribution in [1.29, 1.82) is 0 Å². The molecular weight excluding hydrogens is 438 g/mol. The van der Waals surface area contributed by atoms with Gasteiger partial charge in [-0.2, -0.15) is 0 Å². The number of aryl methyl sites for hydroxylation is 1. The predicted octanol–water partition coefficient (Wildman–Crippen LogP) is 4.59. The minimum absolute atomic E-state index is 0.198. The fourth-order valence-electron chi connectivity index (χ4n) is 3.10. The second-order valence-electron chi connectivity index (χ2n) is 6.51. The third-order valence-corrected chi connectivity index (χ3v) is 5.12. The number of amides is 1. The Balaban J connectivity index is 2.00. The zero-order valence-electron chi connectivity index (χ0n) is 15.9. The van der Waals surface area contributed by atoms with Crippen LogP contribution in [0.25, 0.3) is 0 Å². The van der Waals surface area contributed by atoms with Crippen molar-refractivity contribution in [2.75, 3.05) is 11.9 Å². The number of thiocarbonyl (C=S) groups is 1. The third kappa shape index (κ3) is 4.54. The largest absolute Gasteiger partial charge is 0.494 e. The van der Waals surface area contributed by atoms with Crippen LogP contribution in [-0.2, 0) is 4.79 Å². The smallest absolute Gasteiger partial charge is 0.255 e. The highest BCUT2D eigenvalue weighted by Crippen LogP contribution is 2.35. The Morgan fingerprint density at radius 1 is 1.21 bits per heavy atom. The predicted molar refractivity (Wildman–Crippen MR) is 119 cm³/mol. The molecule has 146 valence electrons. The Hall–Kier alpha value is -2.38. The van der Waals surface area contributed by atoms with Gasteiger partial charge < -0.3 is 20.7 Å². The zero-order chi connectivity index (χ0) is 20.3. The average Bonchev–Trinajstić information content (AvgIpc) is 2.64. The van der Waals surface area contributed by atoms with E-state index in [2.05, 4.69) is 31.9 Å². The Kier molecular flexibility index (Phi) is 6.36. The first-order valence-corrected chi connectivity index (χ1v) is 10.2. The fourth-order valence-corrected chi connectivity index (χ4v) is 3.75. The average molecular weight is 460 g/mol. The lowest BCUT2D eigenvalue weighted by Gasteiger charge is -2.31. The van der Waals surface area contributed by atoms with E-state index in [9.17, 15) is 4.79 Å². The number of hydrogen-bond donors (Lipinski definition) is 3. The first kappa shape index (κ1) is 20.4. The van der Waals surface area contributed by atoms with Gasteiger partial charge in [-0.05, 0) is 63.3 Å². The number of hydrogen-bond acceptors (Lipinski definition) is 3. The van der Waals surface area contributed by atoms with Crippen LogP contribution in [0.1, 0.15) is 31.0 Å².